The van der Waals surface area contributed by atoms with Crippen LogP contribution in [0.3, 0.4) is 0 Å². The molecule has 9 heteroatoms. The average molecular weight is 365 g/mol. The number of rotatable bonds is 5. The molecule has 0 aliphatic carbocycles. The van der Waals surface area contributed by atoms with Crippen molar-refractivity contribution in [2.24, 2.45) is 10.7 Å². The number of carbonyl (C=O) groups excluding carboxylic acids is 3. The van der Waals surface area contributed by atoms with E-state index in [-0.39, 0.29) is 18.9 Å². The first-order valence-electron chi connectivity index (χ1n) is 8.16. The van der Waals surface area contributed by atoms with Crippen molar-refractivity contribution in [3.05, 3.63) is 35.4 Å². The predicted octanol–water partition coefficient (Wildman–Crippen LogP) is 1.70. The van der Waals surface area contributed by atoms with Crippen LogP contribution in [0.2, 0.25) is 0 Å². The van der Waals surface area contributed by atoms with Gasteiger partial charge in [0, 0.05) is 0 Å². The molecule has 1 aromatic rings. The van der Waals surface area contributed by atoms with Crippen LogP contribution in [0.25, 0.3) is 0 Å². The zero-order valence-corrected chi connectivity index (χ0v) is 14.5. The molecule has 1 aliphatic heterocycles. The molecule has 0 atom stereocenters. The van der Waals surface area contributed by atoms with Crippen LogP contribution in [0.1, 0.15) is 37.0 Å². The number of amidine groups is 1. The van der Waals surface area contributed by atoms with Crippen molar-refractivity contribution in [2.75, 3.05) is 13.1 Å². The largest absolute Gasteiger partial charge is 0.446 e. The van der Waals surface area contributed by atoms with Gasteiger partial charge < -0.3 is 5.73 Å². The Bertz CT molecular complexity index is 813. The molecule has 7 nitrogen and oxygen atoms in total. The number of nitrogens with two attached hydrogens (primary N) is 1. The van der Waals surface area contributed by atoms with Crippen LogP contribution >= 0.6 is 0 Å². The summed E-state index contributed by atoms with van der Waals surface area (Å²) >= 11 is 0. The van der Waals surface area contributed by atoms with Gasteiger partial charge in [-0.15, -0.1) is 0 Å². The number of imide groups is 1. The standard InChI is InChI=1S/C17H18F2N4O3/c1-3-8-22-14(20)13(16(25)23(9-4-2)17(22)26)21-15(24)12-10(18)6-5-7-11(12)19/h5-7,20H,3-4,8-9H2,1-2H3/p+1. The van der Waals surface area contributed by atoms with E-state index in [9.17, 15) is 23.2 Å². The molecule has 1 aromatic carbocycles. The minimum Gasteiger partial charge on any atom is -0.316 e. The van der Waals surface area contributed by atoms with Gasteiger partial charge in [-0.3, -0.25) is 4.79 Å². The van der Waals surface area contributed by atoms with Crippen molar-refractivity contribution in [3.8, 4) is 0 Å². The molecule has 0 saturated heterocycles. The molecule has 4 amide bonds. The van der Waals surface area contributed by atoms with E-state index in [2.05, 4.69) is 4.99 Å². The minimum atomic E-state index is -1.28. The Balaban J connectivity index is 2.57. The number of hydrogen-bond acceptors (Lipinski definition) is 4. The lowest BCUT2D eigenvalue weighted by Crippen LogP contribution is -2.58. The molecule has 0 aromatic heterocycles. The predicted molar refractivity (Wildman–Crippen MR) is 90.1 cm³/mol. The van der Waals surface area contributed by atoms with Crippen LogP contribution in [-0.4, -0.2) is 52.0 Å². The molecule has 1 aliphatic rings. The first-order chi connectivity index (χ1) is 12.3. The van der Waals surface area contributed by atoms with Gasteiger partial charge in [0.2, 0.25) is 5.71 Å². The monoisotopic (exact) mass is 365 g/mol. The number of benzene rings is 1. The Morgan fingerprint density at radius 2 is 1.81 bits per heavy atom. The van der Waals surface area contributed by atoms with E-state index in [1.54, 1.807) is 13.8 Å². The lowest BCUT2D eigenvalue weighted by atomic mass is 10.1. The Kier molecular flexibility index (Phi) is 5.91. The van der Waals surface area contributed by atoms with E-state index >= 15 is 0 Å². The highest BCUT2D eigenvalue weighted by atomic mass is 19.1. The molecular formula is C17H19F2N4O3+. The topological polar surface area (TPSA) is 95.8 Å². The molecule has 0 saturated carbocycles. The number of amides is 4. The highest BCUT2D eigenvalue weighted by molar-refractivity contribution is 6.68. The van der Waals surface area contributed by atoms with Crippen molar-refractivity contribution in [1.29, 1.82) is 0 Å². The van der Waals surface area contributed by atoms with Crippen LogP contribution in [-0.2, 0) is 4.79 Å². The summed E-state index contributed by atoms with van der Waals surface area (Å²) in [5.41, 5.74) is 4.47. The molecule has 138 valence electrons. The summed E-state index contributed by atoms with van der Waals surface area (Å²) in [6.45, 7) is 3.88. The fourth-order valence-electron chi connectivity index (χ4n) is 2.53. The maximum Gasteiger partial charge on any atom is 0.446 e. The van der Waals surface area contributed by atoms with E-state index < -0.39 is 40.8 Å². The number of nitrogens with zero attached hydrogens (tertiary/aromatic N) is 3. The molecular weight excluding hydrogens is 346 g/mol. The third-order valence-electron chi connectivity index (χ3n) is 3.73. The lowest BCUT2D eigenvalue weighted by Gasteiger charge is -2.22. The third-order valence-corrected chi connectivity index (χ3v) is 3.73. The van der Waals surface area contributed by atoms with E-state index in [0.29, 0.717) is 12.8 Å². The van der Waals surface area contributed by atoms with Crippen LogP contribution < -0.4 is 5.73 Å². The average Bonchev–Trinajstić information content (AvgIpc) is 2.59. The van der Waals surface area contributed by atoms with Crippen LogP contribution in [0.15, 0.2) is 23.2 Å². The van der Waals surface area contributed by atoms with Gasteiger partial charge in [-0.2, -0.15) is 14.5 Å². The Hall–Kier alpha value is -2.97. The molecule has 0 radical (unpaired) electrons. The van der Waals surface area contributed by atoms with Crippen molar-refractivity contribution in [2.45, 2.75) is 26.7 Å². The first-order valence-corrected chi connectivity index (χ1v) is 8.16. The third kappa shape index (κ3) is 3.51. The molecule has 0 unspecified atom stereocenters. The second kappa shape index (κ2) is 7.94. The first kappa shape index (κ1) is 19.4. The van der Waals surface area contributed by atoms with E-state index in [1.165, 1.54) is 0 Å². The second-order valence-electron chi connectivity index (χ2n) is 5.64. The minimum absolute atomic E-state index is 0.104. The molecule has 2 N–H and O–H groups in total. The van der Waals surface area contributed by atoms with Crippen LogP contribution in [0.4, 0.5) is 13.6 Å². The number of urea groups is 1. The summed E-state index contributed by atoms with van der Waals surface area (Å²) in [5.74, 6) is -4.67. The lowest BCUT2D eigenvalue weighted by molar-refractivity contribution is -0.436. The summed E-state index contributed by atoms with van der Waals surface area (Å²) in [5, 5.41) is 0. The molecule has 0 bridgehead atoms. The van der Waals surface area contributed by atoms with Crippen molar-refractivity contribution < 1.29 is 27.7 Å². The van der Waals surface area contributed by atoms with Gasteiger partial charge in [0.25, 0.3) is 11.7 Å². The van der Waals surface area contributed by atoms with E-state index in [4.69, 9.17) is 5.73 Å². The Morgan fingerprint density at radius 3 is 2.35 bits per heavy atom. The van der Waals surface area contributed by atoms with Crippen molar-refractivity contribution >= 4 is 29.4 Å². The smallest absolute Gasteiger partial charge is 0.316 e. The van der Waals surface area contributed by atoms with Gasteiger partial charge in [0.1, 0.15) is 17.2 Å². The van der Waals surface area contributed by atoms with Gasteiger partial charge in [-0.1, -0.05) is 19.9 Å². The SMILES string of the molecule is CCCN1C(=O)C(=NC(=O)c2c(F)cccc2F)C(N)=[N+](CCC)C1=O. The van der Waals surface area contributed by atoms with Crippen LogP contribution in [0, 0.1) is 11.6 Å². The van der Waals surface area contributed by atoms with Gasteiger partial charge in [0.05, 0.1) is 13.1 Å². The normalized spacial score (nSPS) is 16.6. The Morgan fingerprint density at radius 1 is 1.19 bits per heavy atom. The van der Waals surface area contributed by atoms with E-state index in [0.717, 1.165) is 27.7 Å². The number of aliphatic imine (C=N–C) groups is 1. The maximum absolute atomic E-state index is 13.8. The molecule has 0 fully saturated rings. The second-order valence-corrected chi connectivity index (χ2v) is 5.64. The highest BCUT2D eigenvalue weighted by Gasteiger charge is 2.43. The van der Waals surface area contributed by atoms with Crippen molar-refractivity contribution in [3.63, 3.8) is 0 Å². The zero-order chi connectivity index (χ0) is 19.4. The summed E-state index contributed by atoms with van der Waals surface area (Å²) in [6, 6.07) is 2.30. The fourth-order valence-corrected chi connectivity index (χ4v) is 2.53. The maximum atomic E-state index is 13.8. The zero-order valence-electron chi connectivity index (χ0n) is 14.5. The summed E-state index contributed by atoms with van der Waals surface area (Å²) in [6.07, 6.45) is 1.03. The summed E-state index contributed by atoms with van der Waals surface area (Å²) in [7, 11) is 0. The van der Waals surface area contributed by atoms with Gasteiger partial charge in [-0.05, 0) is 25.0 Å². The number of hydrogen-bond donors (Lipinski definition) is 1. The highest BCUT2D eigenvalue weighted by Crippen LogP contribution is 2.14. The molecule has 2 rings (SSSR count). The van der Waals surface area contributed by atoms with Gasteiger partial charge in [-0.25, -0.2) is 18.4 Å². The quantitative estimate of drug-likeness (QED) is 0.804. The van der Waals surface area contributed by atoms with Crippen molar-refractivity contribution in [1.82, 2.24) is 4.90 Å². The molecule has 1 heterocycles. The van der Waals surface area contributed by atoms with Gasteiger partial charge in [0.15, 0.2) is 0 Å². The summed E-state index contributed by atoms with van der Waals surface area (Å²) in [4.78, 5) is 41.6. The molecule has 26 heavy (non-hydrogen) atoms. The number of carbonyl (C=O) groups is 3. The van der Waals surface area contributed by atoms with E-state index in [1.807, 2.05) is 0 Å². The molecule has 0 spiro atoms. The Labute approximate surface area is 148 Å². The van der Waals surface area contributed by atoms with Crippen LogP contribution in [0.5, 0.6) is 0 Å². The summed E-state index contributed by atoms with van der Waals surface area (Å²) < 4.78 is 28.7. The fraction of sp³-hybridized carbons (Fsp3) is 0.353. The van der Waals surface area contributed by atoms with Gasteiger partial charge >= 0.3 is 11.9 Å². The number of halogens is 2.